The second-order valence-electron chi connectivity index (χ2n) is 5.51. The molecule has 1 saturated heterocycles. The van der Waals surface area contributed by atoms with Crippen LogP contribution in [0.4, 0.5) is 0 Å². The van der Waals surface area contributed by atoms with Gasteiger partial charge in [-0.05, 0) is 37.6 Å². The maximum atomic E-state index is 9.84. The minimum Gasteiger partial charge on any atom is -0.488 e. The van der Waals surface area contributed by atoms with Crippen LogP contribution < -0.4 is 4.74 Å². The molecule has 1 aromatic rings. The van der Waals surface area contributed by atoms with E-state index in [9.17, 15) is 5.11 Å². The van der Waals surface area contributed by atoms with Crippen molar-refractivity contribution in [3.8, 4) is 5.75 Å². The van der Waals surface area contributed by atoms with E-state index in [0.717, 1.165) is 38.1 Å². The third-order valence-corrected chi connectivity index (χ3v) is 3.62. The van der Waals surface area contributed by atoms with Crippen molar-refractivity contribution in [2.75, 3.05) is 20.1 Å². The highest BCUT2D eigenvalue weighted by molar-refractivity contribution is 5.29. The predicted molar refractivity (Wildman–Crippen MR) is 66.2 cm³/mol. The molecule has 0 atom stereocenters. The predicted octanol–water partition coefficient (Wildman–Crippen LogP) is 1.45. The Morgan fingerprint density at radius 2 is 1.94 bits per heavy atom. The number of likely N-dealkylation sites (N-methyl/N-ethyl adjacent to an activating group) is 1. The van der Waals surface area contributed by atoms with Crippen molar-refractivity contribution >= 4 is 0 Å². The smallest absolute Gasteiger partial charge is 0.124 e. The van der Waals surface area contributed by atoms with Gasteiger partial charge in [-0.1, -0.05) is 12.1 Å². The summed E-state index contributed by atoms with van der Waals surface area (Å²) in [6, 6.07) is 8.15. The van der Waals surface area contributed by atoms with Crippen LogP contribution in [0, 0.1) is 0 Å². The lowest BCUT2D eigenvalue weighted by Crippen LogP contribution is -2.51. The number of likely N-dealkylation sites (tertiary alicyclic amines) is 1. The molecule has 17 heavy (non-hydrogen) atoms. The highest BCUT2D eigenvalue weighted by Crippen LogP contribution is 2.38. The Balaban J connectivity index is 1.56. The highest BCUT2D eigenvalue weighted by Gasteiger charge is 2.40. The third-order valence-electron chi connectivity index (χ3n) is 3.62. The van der Waals surface area contributed by atoms with E-state index in [-0.39, 0.29) is 0 Å². The van der Waals surface area contributed by atoms with Gasteiger partial charge in [-0.25, -0.2) is 0 Å². The Morgan fingerprint density at radius 3 is 2.47 bits per heavy atom. The minimum atomic E-state index is -0.404. The van der Waals surface area contributed by atoms with Crippen molar-refractivity contribution in [2.45, 2.75) is 31.0 Å². The van der Waals surface area contributed by atoms with Crippen molar-refractivity contribution in [1.82, 2.24) is 4.90 Å². The van der Waals surface area contributed by atoms with Crippen LogP contribution in [0.3, 0.4) is 0 Å². The van der Waals surface area contributed by atoms with E-state index in [1.165, 1.54) is 5.56 Å². The molecular weight excluding hydrogens is 214 g/mol. The maximum Gasteiger partial charge on any atom is 0.124 e. The number of nitrogens with zero attached hydrogens (tertiary/aromatic N) is 1. The second-order valence-corrected chi connectivity index (χ2v) is 5.51. The highest BCUT2D eigenvalue weighted by atomic mass is 16.5. The lowest BCUT2D eigenvalue weighted by atomic mass is 10.1. The average Bonchev–Trinajstić information content (AvgIpc) is 2.97. The fourth-order valence-electron chi connectivity index (χ4n) is 2.30. The van der Waals surface area contributed by atoms with Gasteiger partial charge in [0.15, 0.2) is 0 Å². The SMILES string of the molecule is CN1CC(Oc2ccc(CC3(O)CC3)cc2)C1. The Morgan fingerprint density at radius 1 is 1.29 bits per heavy atom. The largest absolute Gasteiger partial charge is 0.488 e. The zero-order valence-corrected chi connectivity index (χ0v) is 10.2. The molecule has 1 aliphatic carbocycles. The first-order valence-corrected chi connectivity index (χ1v) is 6.30. The topological polar surface area (TPSA) is 32.7 Å². The Labute approximate surface area is 102 Å². The van der Waals surface area contributed by atoms with Crippen molar-refractivity contribution in [3.63, 3.8) is 0 Å². The van der Waals surface area contributed by atoms with E-state index in [0.29, 0.717) is 6.10 Å². The first kappa shape index (κ1) is 11.1. The number of hydrogen-bond donors (Lipinski definition) is 1. The van der Waals surface area contributed by atoms with E-state index >= 15 is 0 Å². The molecule has 3 nitrogen and oxygen atoms in total. The third kappa shape index (κ3) is 2.61. The second kappa shape index (κ2) is 4.00. The van der Waals surface area contributed by atoms with Crippen molar-refractivity contribution in [1.29, 1.82) is 0 Å². The van der Waals surface area contributed by atoms with Crippen LogP contribution in [0.1, 0.15) is 18.4 Å². The molecule has 1 heterocycles. The van der Waals surface area contributed by atoms with Gasteiger partial charge in [0, 0.05) is 19.5 Å². The van der Waals surface area contributed by atoms with E-state index in [1.807, 2.05) is 12.1 Å². The average molecular weight is 233 g/mol. The van der Waals surface area contributed by atoms with Crippen LogP contribution >= 0.6 is 0 Å². The van der Waals surface area contributed by atoms with Gasteiger partial charge in [-0.15, -0.1) is 0 Å². The Bertz CT molecular complexity index is 391. The van der Waals surface area contributed by atoms with Gasteiger partial charge in [0.2, 0.25) is 0 Å². The van der Waals surface area contributed by atoms with E-state index in [2.05, 4.69) is 24.1 Å². The van der Waals surface area contributed by atoms with Gasteiger partial charge in [0.1, 0.15) is 11.9 Å². The van der Waals surface area contributed by atoms with Gasteiger partial charge in [0.25, 0.3) is 0 Å². The molecule has 1 aliphatic heterocycles. The fourth-order valence-corrected chi connectivity index (χ4v) is 2.30. The molecule has 92 valence electrons. The maximum absolute atomic E-state index is 9.84. The van der Waals surface area contributed by atoms with Gasteiger partial charge in [-0.3, -0.25) is 4.90 Å². The summed E-state index contributed by atoms with van der Waals surface area (Å²) >= 11 is 0. The molecule has 0 unspecified atom stereocenters. The molecule has 1 N–H and O–H groups in total. The molecule has 3 rings (SSSR count). The van der Waals surface area contributed by atoms with Crippen LogP contribution in [-0.2, 0) is 6.42 Å². The zero-order valence-electron chi connectivity index (χ0n) is 10.2. The summed E-state index contributed by atoms with van der Waals surface area (Å²) < 4.78 is 5.82. The molecular formula is C14H19NO2. The van der Waals surface area contributed by atoms with E-state index in [4.69, 9.17) is 4.74 Å². The first-order valence-electron chi connectivity index (χ1n) is 6.30. The van der Waals surface area contributed by atoms with Gasteiger partial charge in [0.05, 0.1) is 5.60 Å². The monoisotopic (exact) mass is 233 g/mol. The molecule has 2 fully saturated rings. The number of rotatable bonds is 4. The van der Waals surface area contributed by atoms with Crippen LogP contribution in [-0.4, -0.2) is 41.8 Å². The molecule has 3 heteroatoms. The molecule has 0 radical (unpaired) electrons. The molecule has 1 saturated carbocycles. The lowest BCUT2D eigenvalue weighted by Gasteiger charge is -2.36. The summed E-state index contributed by atoms with van der Waals surface area (Å²) in [7, 11) is 2.10. The van der Waals surface area contributed by atoms with Crippen LogP contribution in [0.15, 0.2) is 24.3 Å². The summed E-state index contributed by atoms with van der Waals surface area (Å²) in [6.45, 7) is 2.03. The molecule has 2 aliphatic rings. The van der Waals surface area contributed by atoms with Crippen LogP contribution in [0.25, 0.3) is 0 Å². The fraction of sp³-hybridized carbons (Fsp3) is 0.571. The number of aliphatic hydroxyl groups is 1. The molecule has 1 aromatic carbocycles. The standard InChI is InChI=1S/C14H19NO2/c1-15-9-13(10-15)17-12-4-2-11(3-5-12)8-14(16)6-7-14/h2-5,13,16H,6-10H2,1H3. The lowest BCUT2D eigenvalue weighted by molar-refractivity contribution is 0.0388. The summed E-state index contributed by atoms with van der Waals surface area (Å²) in [5.41, 5.74) is 0.794. The first-order chi connectivity index (χ1) is 8.13. The van der Waals surface area contributed by atoms with E-state index < -0.39 is 5.60 Å². The quantitative estimate of drug-likeness (QED) is 0.854. The molecule has 0 aromatic heterocycles. The summed E-state index contributed by atoms with van der Waals surface area (Å²) in [6.07, 6.45) is 3.01. The summed E-state index contributed by atoms with van der Waals surface area (Å²) in [5.74, 6) is 0.939. The van der Waals surface area contributed by atoms with E-state index in [1.54, 1.807) is 0 Å². The zero-order chi connectivity index (χ0) is 11.9. The minimum absolute atomic E-state index is 0.346. The van der Waals surface area contributed by atoms with Gasteiger partial charge >= 0.3 is 0 Å². The van der Waals surface area contributed by atoms with Crippen LogP contribution in [0.2, 0.25) is 0 Å². The Hall–Kier alpha value is -1.06. The van der Waals surface area contributed by atoms with Crippen molar-refractivity contribution in [2.24, 2.45) is 0 Å². The normalized spacial score (nSPS) is 23.2. The van der Waals surface area contributed by atoms with Gasteiger partial charge < -0.3 is 9.84 Å². The Kier molecular flexibility index (Phi) is 2.60. The number of ether oxygens (including phenoxy) is 1. The molecule has 0 bridgehead atoms. The number of benzene rings is 1. The molecule has 0 amide bonds. The summed E-state index contributed by atoms with van der Waals surface area (Å²) in [5, 5.41) is 9.84. The molecule has 0 spiro atoms. The van der Waals surface area contributed by atoms with Gasteiger partial charge in [-0.2, -0.15) is 0 Å². The van der Waals surface area contributed by atoms with Crippen molar-refractivity contribution in [3.05, 3.63) is 29.8 Å². The van der Waals surface area contributed by atoms with Crippen LogP contribution in [0.5, 0.6) is 5.75 Å². The van der Waals surface area contributed by atoms with Crippen molar-refractivity contribution < 1.29 is 9.84 Å². The number of hydrogen-bond acceptors (Lipinski definition) is 3. The summed E-state index contributed by atoms with van der Waals surface area (Å²) in [4.78, 5) is 2.24.